The normalized spacial score (nSPS) is 14.4. The Hall–Kier alpha value is -2.57. The molecule has 0 aliphatic carbocycles. The number of benzene rings is 1. The number of halogens is 1. The van der Waals surface area contributed by atoms with Gasteiger partial charge in [0.15, 0.2) is 0 Å². The quantitative estimate of drug-likeness (QED) is 0.213. The number of nitrogens with zero attached hydrogens (tertiary/aromatic N) is 4. The third kappa shape index (κ3) is 7.79. The van der Waals surface area contributed by atoms with Gasteiger partial charge in [-0.3, -0.25) is 4.79 Å². The fraction of sp³-hybridized carbons (Fsp3) is 0.576. The first-order chi connectivity index (χ1) is 19.3. The Balaban J connectivity index is 1.70. The maximum Gasteiger partial charge on any atom is 0.253 e. The van der Waals surface area contributed by atoms with Gasteiger partial charge in [0.05, 0.1) is 12.6 Å². The first-order valence-corrected chi connectivity index (χ1v) is 15.5. The van der Waals surface area contributed by atoms with E-state index in [1.54, 1.807) is 7.11 Å². The second kappa shape index (κ2) is 14.4. The lowest BCUT2D eigenvalue weighted by Crippen LogP contribution is -2.34. The minimum Gasteiger partial charge on any atom is -0.496 e. The number of methoxy groups -OCH3 is 1. The van der Waals surface area contributed by atoms with Gasteiger partial charge in [-0.2, -0.15) is 5.10 Å². The number of aromatic nitrogens is 2. The zero-order valence-electron chi connectivity index (χ0n) is 25.1. The number of ether oxygens (including phenoxy) is 1. The lowest BCUT2D eigenvalue weighted by atomic mass is 10.0. The summed E-state index contributed by atoms with van der Waals surface area (Å²) >= 11 is 6.44. The molecule has 0 atom stereocenters. The molecule has 0 N–H and O–H groups in total. The monoisotopic (exact) mass is 566 g/mol. The summed E-state index contributed by atoms with van der Waals surface area (Å²) in [6.45, 7) is 13.9. The van der Waals surface area contributed by atoms with Crippen molar-refractivity contribution in [2.24, 2.45) is 11.8 Å². The summed E-state index contributed by atoms with van der Waals surface area (Å²) in [5.41, 5.74) is 4.60. The molecule has 1 fully saturated rings. The summed E-state index contributed by atoms with van der Waals surface area (Å²) in [6, 6.07) is 9.63. The van der Waals surface area contributed by atoms with Crippen LogP contribution in [0.4, 0.5) is 0 Å². The first kappa shape index (κ1) is 30.4. The van der Waals surface area contributed by atoms with E-state index in [1.165, 1.54) is 32.4 Å². The molecule has 1 saturated heterocycles. The fourth-order valence-corrected chi connectivity index (χ4v) is 5.72. The van der Waals surface area contributed by atoms with Gasteiger partial charge in [0.1, 0.15) is 11.4 Å². The molecule has 4 rings (SSSR count). The predicted octanol–water partition coefficient (Wildman–Crippen LogP) is 7.62. The molecule has 218 valence electrons. The second-order valence-corrected chi connectivity index (χ2v) is 12.5. The Morgan fingerprint density at radius 1 is 1.02 bits per heavy atom. The summed E-state index contributed by atoms with van der Waals surface area (Å²) in [7, 11) is 1.68. The molecular weight excluding hydrogens is 520 g/mol. The van der Waals surface area contributed by atoms with Crippen molar-refractivity contribution in [3.8, 4) is 17.0 Å². The van der Waals surface area contributed by atoms with Gasteiger partial charge in [-0.25, -0.2) is 4.52 Å². The standard InChI is InChI=1S/C33H47ClN4O2/c1-24(2)13-19-37(20-14-25(3)4)33(39)26-15-21-38-30(22-26)28(10-9-18-36-16-7-6-8-17-36)32(35-38)29-23-27(34)11-12-31(29)40-5/h11-12,15,21-25H,6-10,13-14,16-20H2,1-5H3. The molecule has 3 heterocycles. The molecule has 2 aromatic heterocycles. The van der Waals surface area contributed by atoms with Gasteiger partial charge in [-0.15, -0.1) is 0 Å². The molecule has 1 aliphatic heterocycles. The molecule has 0 radical (unpaired) electrons. The number of rotatable bonds is 13. The van der Waals surface area contributed by atoms with E-state index in [0.29, 0.717) is 16.9 Å². The molecule has 7 heteroatoms. The van der Waals surface area contributed by atoms with Crippen molar-refractivity contribution in [2.45, 2.75) is 72.6 Å². The molecular formula is C33H47ClN4O2. The van der Waals surface area contributed by atoms with Crippen LogP contribution in [0.5, 0.6) is 5.75 Å². The number of hydrogen-bond donors (Lipinski definition) is 0. The van der Waals surface area contributed by atoms with E-state index in [2.05, 4.69) is 32.6 Å². The van der Waals surface area contributed by atoms with Gasteiger partial charge in [0.25, 0.3) is 5.91 Å². The van der Waals surface area contributed by atoms with Crippen LogP contribution in [0, 0.1) is 11.8 Å². The smallest absolute Gasteiger partial charge is 0.253 e. The highest BCUT2D eigenvalue weighted by Gasteiger charge is 2.22. The van der Waals surface area contributed by atoms with Crippen LogP contribution in [0.3, 0.4) is 0 Å². The van der Waals surface area contributed by atoms with Gasteiger partial charge in [-0.05, 0) is 100 Å². The number of carbonyl (C=O) groups excluding carboxylic acids is 1. The Labute approximate surface area is 245 Å². The van der Waals surface area contributed by atoms with Crippen LogP contribution in [0.25, 0.3) is 16.8 Å². The predicted molar refractivity (Wildman–Crippen MR) is 166 cm³/mol. The van der Waals surface area contributed by atoms with Crippen LogP contribution >= 0.6 is 11.6 Å². The molecule has 3 aromatic rings. The SMILES string of the molecule is COc1ccc(Cl)cc1-c1nn2ccc(C(=O)N(CCC(C)C)CCC(C)C)cc2c1CCCN1CCCCC1. The van der Waals surface area contributed by atoms with E-state index < -0.39 is 0 Å². The molecule has 6 nitrogen and oxygen atoms in total. The molecule has 0 spiro atoms. The van der Waals surface area contributed by atoms with Crippen LogP contribution in [0.2, 0.25) is 5.02 Å². The van der Waals surface area contributed by atoms with Crippen molar-refractivity contribution in [3.05, 3.63) is 52.7 Å². The summed E-state index contributed by atoms with van der Waals surface area (Å²) in [6.07, 6.45) is 9.75. The van der Waals surface area contributed by atoms with Crippen molar-refractivity contribution >= 4 is 23.0 Å². The van der Waals surface area contributed by atoms with Gasteiger partial charge in [0.2, 0.25) is 0 Å². The third-order valence-corrected chi connectivity index (χ3v) is 8.23. The Kier molecular flexibility index (Phi) is 10.9. The highest BCUT2D eigenvalue weighted by molar-refractivity contribution is 6.31. The van der Waals surface area contributed by atoms with Crippen LogP contribution in [-0.4, -0.2) is 65.2 Å². The van der Waals surface area contributed by atoms with E-state index in [-0.39, 0.29) is 5.91 Å². The lowest BCUT2D eigenvalue weighted by Gasteiger charge is -2.26. The zero-order chi connectivity index (χ0) is 28.6. The topological polar surface area (TPSA) is 50.1 Å². The van der Waals surface area contributed by atoms with Gasteiger partial charge in [0, 0.05) is 41.0 Å². The van der Waals surface area contributed by atoms with Crippen molar-refractivity contribution in [3.63, 3.8) is 0 Å². The number of piperidine rings is 1. The van der Waals surface area contributed by atoms with Crippen LogP contribution in [-0.2, 0) is 6.42 Å². The minimum absolute atomic E-state index is 0.103. The minimum atomic E-state index is 0.103. The molecule has 0 unspecified atom stereocenters. The number of fused-ring (bicyclic) bond motifs is 1. The molecule has 40 heavy (non-hydrogen) atoms. The van der Waals surface area contributed by atoms with Crippen LogP contribution in [0.1, 0.15) is 82.1 Å². The number of carbonyl (C=O) groups is 1. The van der Waals surface area contributed by atoms with Crippen molar-refractivity contribution in [1.82, 2.24) is 19.4 Å². The van der Waals surface area contributed by atoms with E-state index in [0.717, 1.165) is 79.0 Å². The lowest BCUT2D eigenvalue weighted by molar-refractivity contribution is 0.0741. The van der Waals surface area contributed by atoms with Gasteiger partial charge >= 0.3 is 0 Å². The number of likely N-dealkylation sites (tertiary alicyclic amines) is 1. The largest absolute Gasteiger partial charge is 0.496 e. The molecule has 1 aliphatic rings. The Morgan fingerprint density at radius 2 is 1.73 bits per heavy atom. The first-order valence-electron chi connectivity index (χ1n) is 15.1. The van der Waals surface area contributed by atoms with E-state index in [9.17, 15) is 4.79 Å². The maximum absolute atomic E-state index is 13.8. The zero-order valence-corrected chi connectivity index (χ0v) is 25.8. The summed E-state index contributed by atoms with van der Waals surface area (Å²) in [5, 5.41) is 5.65. The van der Waals surface area contributed by atoms with Crippen molar-refractivity contribution in [2.75, 3.05) is 39.8 Å². The average molecular weight is 567 g/mol. The molecule has 0 bridgehead atoms. The summed E-state index contributed by atoms with van der Waals surface area (Å²) < 4.78 is 7.63. The van der Waals surface area contributed by atoms with Gasteiger partial charge in [-0.1, -0.05) is 45.7 Å². The molecule has 1 aromatic carbocycles. The fourth-order valence-electron chi connectivity index (χ4n) is 5.54. The summed E-state index contributed by atoms with van der Waals surface area (Å²) in [5.74, 6) is 1.95. The van der Waals surface area contributed by atoms with Crippen molar-refractivity contribution < 1.29 is 9.53 Å². The van der Waals surface area contributed by atoms with Crippen LogP contribution in [0.15, 0.2) is 36.5 Å². The van der Waals surface area contributed by atoms with Crippen molar-refractivity contribution in [1.29, 1.82) is 0 Å². The van der Waals surface area contributed by atoms with E-state index in [4.69, 9.17) is 21.4 Å². The number of hydrogen-bond acceptors (Lipinski definition) is 4. The highest BCUT2D eigenvalue weighted by Crippen LogP contribution is 2.36. The third-order valence-electron chi connectivity index (χ3n) is 7.99. The number of aryl methyl sites for hydroxylation is 1. The van der Waals surface area contributed by atoms with E-state index in [1.807, 2.05) is 45.9 Å². The highest BCUT2D eigenvalue weighted by atomic mass is 35.5. The average Bonchev–Trinajstić information content (AvgIpc) is 3.30. The van der Waals surface area contributed by atoms with Gasteiger partial charge < -0.3 is 14.5 Å². The Morgan fingerprint density at radius 3 is 2.38 bits per heavy atom. The number of pyridine rings is 1. The molecule has 1 amide bonds. The number of amides is 1. The molecule has 0 saturated carbocycles. The Bertz CT molecular complexity index is 1250. The van der Waals surface area contributed by atoms with E-state index >= 15 is 0 Å². The maximum atomic E-state index is 13.8. The second-order valence-electron chi connectivity index (χ2n) is 12.1. The van der Waals surface area contributed by atoms with Crippen LogP contribution < -0.4 is 4.74 Å². The summed E-state index contributed by atoms with van der Waals surface area (Å²) in [4.78, 5) is 18.4.